The molecule has 1 amide bonds. The summed E-state index contributed by atoms with van der Waals surface area (Å²) in [7, 11) is 1.61. The Bertz CT molecular complexity index is 531. The molecule has 20 heavy (non-hydrogen) atoms. The van der Waals surface area contributed by atoms with Crippen LogP contribution in [0.2, 0.25) is 0 Å². The molecule has 0 radical (unpaired) electrons. The van der Waals surface area contributed by atoms with Gasteiger partial charge in [-0.2, -0.15) is 0 Å². The summed E-state index contributed by atoms with van der Waals surface area (Å²) in [5.74, 6) is -0.677. The van der Waals surface area contributed by atoms with E-state index in [1.165, 1.54) is 13.0 Å². The molecular weight excluding hydrogens is 259 g/mol. The molecule has 108 valence electrons. The van der Waals surface area contributed by atoms with Gasteiger partial charge in [-0.05, 0) is 38.0 Å². The smallest absolute Gasteiger partial charge is 0.224 e. The number of hydrogen-bond acceptors (Lipinski definition) is 3. The second-order valence-corrected chi connectivity index (χ2v) is 5.12. The fourth-order valence-electron chi connectivity index (χ4n) is 2.60. The van der Waals surface area contributed by atoms with Crippen LogP contribution in [0.5, 0.6) is 0 Å². The minimum Gasteiger partial charge on any atom is -0.368 e. The number of Topliss-reactive ketones (excluding diaryl/α,β-unsaturated/α-hetero) is 1. The zero-order chi connectivity index (χ0) is 14.7. The molecule has 1 unspecified atom stereocenters. The molecule has 0 aromatic heterocycles. The summed E-state index contributed by atoms with van der Waals surface area (Å²) in [5, 5.41) is 2.64. The fraction of sp³-hybridized carbons (Fsp3) is 0.467. The van der Waals surface area contributed by atoms with Crippen LogP contribution in [0.15, 0.2) is 18.2 Å². The number of halogens is 1. The number of amides is 1. The number of ketones is 1. The van der Waals surface area contributed by atoms with E-state index in [1.54, 1.807) is 19.2 Å². The first-order valence-electron chi connectivity index (χ1n) is 6.80. The van der Waals surface area contributed by atoms with E-state index in [9.17, 15) is 14.0 Å². The third-order valence-corrected chi connectivity index (χ3v) is 3.73. The molecule has 1 heterocycles. The van der Waals surface area contributed by atoms with Crippen molar-refractivity contribution in [3.63, 3.8) is 0 Å². The minimum absolute atomic E-state index is 0.00420. The van der Waals surface area contributed by atoms with Crippen LogP contribution in [-0.4, -0.2) is 31.8 Å². The second kappa shape index (κ2) is 6.03. The minimum atomic E-state index is -0.407. The Kier molecular flexibility index (Phi) is 4.37. The molecule has 1 aliphatic heterocycles. The number of nitrogens with one attached hydrogen (secondary N) is 1. The molecule has 5 heteroatoms. The summed E-state index contributed by atoms with van der Waals surface area (Å²) in [6.07, 6.45) is 1.68. The van der Waals surface area contributed by atoms with Gasteiger partial charge in [0.2, 0.25) is 5.91 Å². The highest BCUT2D eigenvalue weighted by molar-refractivity contribution is 5.94. The van der Waals surface area contributed by atoms with Crippen molar-refractivity contribution >= 4 is 17.4 Å². The lowest BCUT2D eigenvalue weighted by atomic mass is 9.96. The average molecular weight is 278 g/mol. The number of carbonyl (C=O) groups excluding carboxylic acids is 2. The van der Waals surface area contributed by atoms with Crippen molar-refractivity contribution in [2.24, 2.45) is 5.92 Å². The number of benzene rings is 1. The number of piperidine rings is 1. The number of carbonyl (C=O) groups is 2. The zero-order valence-corrected chi connectivity index (χ0v) is 11.8. The standard InChI is InChI=1S/C15H19FN2O2/c1-10(19)11-5-6-14(13(16)8-11)18-7-3-4-12(9-18)15(20)17-2/h5-6,8,12H,3-4,7,9H2,1-2H3,(H,17,20). The lowest BCUT2D eigenvalue weighted by Gasteiger charge is -2.33. The maximum absolute atomic E-state index is 14.1. The van der Waals surface area contributed by atoms with Gasteiger partial charge in [-0.15, -0.1) is 0 Å². The summed E-state index contributed by atoms with van der Waals surface area (Å²) in [5.41, 5.74) is 0.828. The predicted octanol–water partition coefficient (Wildman–Crippen LogP) is 1.99. The topological polar surface area (TPSA) is 49.4 Å². The molecular formula is C15H19FN2O2. The van der Waals surface area contributed by atoms with Crippen molar-refractivity contribution in [1.29, 1.82) is 0 Å². The van der Waals surface area contributed by atoms with Crippen molar-refractivity contribution < 1.29 is 14.0 Å². The van der Waals surface area contributed by atoms with Gasteiger partial charge in [-0.25, -0.2) is 4.39 Å². The molecule has 2 rings (SSSR count). The van der Waals surface area contributed by atoms with Crippen molar-refractivity contribution in [1.82, 2.24) is 5.32 Å². The molecule has 1 atom stereocenters. The van der Waals surface area contributed by atoms with Crippen molar-refractivity contribution in [2.75, 3.05) is 25.0 Å². The van der Waals surface area contributed by atoms with Gasteiger partial charge in [0.15, 0.2) is 5.78 Å². The maximum atomic E-state index is 14.1. The SMILES string of the molecule is CNC(=O)C1CCCN(c2ccc(C(C)=O)cc2F)C1. The second-order valence-electron chi connectivity index (χ2n) is 5.12. The van der Waals surface area contributed by atoms with E-state index in [0.717, 1.165) is 19.4 Å². The van der Waals surface area contributed by atoms with Gasteiger partial charge < -0.3 is 10.2 Å². The molecule has 1 saturated heterocycles. The van der Waals surface area contributed by atoms with Crippen LogP contribution in [0.1, 0.15) is 30.1 Å². The number of nitrogens with zero attached hydrogens (tertiary/aromatic N) is 1. The number of rotatable bonds is 3. The lowest BCUT2D eigenvalue weighted by molar-refractivity contribution is -0.124. The number of anilines is 1. The molecule has 0 aliphatic carbocycles. The monoisotopic (exact) mass is 278 g/mol. The van der Waals surface area contributed by atoms with E-state index in [2.05, 4.69) is 5.32 Å². The van der Waals surface area contributed by atoms with Crippen LogP contribution in [0.25, 0.3) is 0 Å². The molecule has 1 aromatic rings. The Hall–Kier alpha value is -1.91. The molecule has 1 fully saturated rings. The van der Waals surface area contributed by atoms with E-state index >= 15 is 0 Å². The van der Waals surface area contributed by atoms with E-state index in [-0.39, 0.29) is 17.6 Å². The third-order valence-electron chi connectivity index (χ3n) is 3.73. The first-order valence-corrected chi connectivity index (χ1v) is 6.80. The first kappa shape index (κ1) is 14.5. The highest BCUT2D eigenvalue weighted by Gasteiger charge is 2.26. The quantitative estimate of drug-likeness (QED) is 0.860. The molecule has 1 aromatic carbocycles. The molecule has 1 aliphatic rings. The van der Waals surface area contributed by atoms with Gasteiger partial charge in [0.25, 0.3) is 0 Å². The van der Waals surface area contributed by atoms with E-state index in [1.807, 2.05) is 4.90 Å². The summed E-state index contributed by atoms with van der Waals surface area (Å²) in [4.78, 5) is 24.8. The molecule has 0 spiro atoms. The van der Waals surface area contributed by atoms with E-state index in [4.69, 9.17) is 0 Å². The Morgan fingerprint density at radius 1 is 1.40 bits per heavy atom. The molecule has 4 nitrogen and oxygen atoms in total. The summed E-state index contributed by atoms with van der Waals surface area (Å²) in [6, 6.07) is 4.52. The maximum Gasteiger partial charge on any atom is 0.224 e. The molecule has 0 bridgehead atoms. The first-order chi connectivity index (χ1) is 9.52. The molecule has 1 N–H and O–H groups in total. The zero-order valence-electron chi connectivity index (χ0n) is 11.8. The largest absolute Gasteiger partial charge is 0.368 e. The predicted molar refractivity (Wildman–Crippen MR) is 75.4 cm³/mol. The van der Waals surface area contributed by atoms with Gasteiger partial charge in [-0.1, -0.05) is 0 Å². The van der Waals surface area contributed by atoms with Crippen LogP contribution in [0.3, 0.4) is 0 Å². The van der Waals surface area contributed by atoms with Gasteiger partial charge in [-0.3, -0.25) is 9.59 Å². The van der Waals surface area contributed by atoms with Gasteiger partial charge in [0.05, 0.1) is 11.6 Å². The molecule has 0 saturated carbocycles. The van der Waals surface area contributed by atoms with E-state index < -0.39 is 5.82 Å². The Balaban J connectivity index is 2.19. The summed E-state index contributed by atoms with van der Waals surface area (Å²) < 4.78 is 14.1. The van der Waals surface area contributed by atoms with Gasteiger partial charge in [0, 0.05) is 25.7 Å². The Labute approximate surface area is 118 Å². The Morgan fingerprint density at radius 2 is 2.15 bits per heavy atom. The highest BCUT2D eigenvalue weighted by Crippen LogP contribution is 2.26. The van der Waals surface area contributed by atoms with Crippen molar-refractivity contribution in [3.8, 4) is 0 Å². The third kappa shape index (κ3) is 2.98. The fourth-order valence-corrected chi connectivity index (χ4v) is 2.60. The summed E-state index contributed by atoms with van der Waals surface area (Å²) >= 11 is 0. The van der Waals surface area contributed by atoms with Crippen LogP contribution < -0.4 is 10.2 Å². The van der Waals surface area contributed by atoms with Crippen LogP contribution >= 0.6 is 0 Å². The van der Waals surface area contributed by atoms with Crippen LogP contribution in [-0.2, 0) is 4.79 Å². The van der Waals surface area contributed by atoms with Gasteiger partial charge in [0.1, 0.15) is 5.82 Å². The number of hydrogen-bond donors (Lipinski definition) is 1. The van der Waals surface area contributed by atoms with E-state index in [0.29, 0.717) is 17.8 Å². The lowest BCUT2D eigenvalue weighted by Crippen LogP contribution is -2.42. The van der Waals surface area contributed by atoms with Crippen LogP contribution in [0, 0.1) is 11.7 Å². The highest BCUT2D eigenvalue weighted by atomic mass is 19.1. The Morgan fingerprint density at radius 3 is 2.75 bits per heavy atom. The van der Waals surface area contributed by atoms with Crippen LogP contribution in [0.4, 0.5) is 10.1 Å². The van der Waals surface area contributed by atoms with Crippen molar-refractivity contribution in [2.45, 2.75) is 19.8 Å². The normalized spacial score (nSPS) is 18.8. The van der Waals surface area contributed by atoms with Gasteiger partial charge >= 0.3 is 0 Å². The average Bonchev–Trinajstić information content (AvgIpc) is 2.46. The van der Waals surface area contributed by atoms with Crippen molar-refractivity contribution in [3.05, 3.63) is 29.6 Å². The summed E-state index contributed by atoms with van der Waals surface area (Å²) in [6.45, 7) is 2.65.